The average molecular weight is 232 g/mol. The lowest BCUT2D eigenvalue weighted by molar-refractivity contribution is 0.122. The topological polar surface area (TPSA) is 55.5 Å². The Bertz CT molecular complexity index is 289. The van der Waals surface area contributed by atoms with Crippen LogP contribution in [0.2, 0.25) is 0 Å². The van der Waals surface area contributed by atoms with Gasteiger partial charge in [-0.15, -0.1) is 0 Å². The van der Waals surface area contributed by atoms with Gasteiger partial charge < -0.3 is 5.11 Å². The van der Waals surface area contributed by atoms with Crippen molar-refractivity contribution in [1.29, 1.82) is 0 Å². The minimum Gasteiger partial charge on any atom is -0.508 e. The summed E-state index contributed by atoms with van der Waals surface area (Å²) in [6.07, 6.45) is 0. The van der Waals surface area contributed by atoms with E-state index in [9.17, 15) is 5.11 Å². The molecule has 0 aliphatic carbocycles. The second kappa shape index (κ2) is 3.89. The zero-order valence-electron chi connectivity index (χ0n) is 6.67. The Morgan fingerprint density at radius 3 is 2.83 bits per heavy atom. The van der Waals surface area contributed by atoms with E-state index in [2.05, 4.69) is 20.8 Å². The maximum atomic E-state index is 9.39. The van der Waals surface area contributed by atoms with E-state index in [1.807, 2.05) is 6.92 Å². The van der Waals surface area contributed by atoms with E-state index in [4.69, 9.17) is 5.90 Å². The zero-order valence-corrected chi connectivity index (χ0v) is 8.26. The Morgan fingerprint density at radius 2 is 2.25 bits per heavy atom. The molecule has 3 nitrogen and oxygen atoms in total. The minimum atomic E-state index is 0.209. The van der Waals surface area contributed by atoms with Gasteiger partial charge in [-0.3, -0.25) is 4.84 Å². The highest BCUT2D eigenvalue weighted by atomic mass is 79.9. The Kier molecular flexibility index (Phi) is 3.08. The monoisotopic (exact) mass is 231 g/mol. The van der Waals surface area contributed by atoms with Crippen LogP contribution in [-0.2, 0) is 11.4 Å². The summed E-state index contributed by atoms with van der Waals surface area (Å²) in [5.41, 5.74) is 1.66. The molecule has 0 saturated heterocycles. The van der Waals surface area contributed by atoms with Crippen molar-refractivity contribution in [2.24, 2.45) is 5.90 Å². The van der Waals surface area contributed by atoms with Gasteiger partial charge in [0.05, 0.1) is 6.61 Å². The van der Waals surface area contributed by atoms with Crippen molar-refractivity contribution in [3.8, 4) is 5.75 Å². The molecule has 0 aliphatic heterocycles. The number of benzene rings is 1. The Labute approximate surface area is 79.2 Å². The van der Waals surface area contributed by atoms with Crippen LogP contribution in [0.3, 0.4) is 0 Å². The Hall–Kier alpha value is -0.580. The summed E-state index contributed by atoms with van der Waals surface area (Å²) in [5.74, 6) is 5.10. The van der Waals surface area contributed by atoms with Gasteiger partial charge in [-0.25, -0.2) is 5.90 Å². The molecular weight excluding hydrogens is 222 g/mol. The van der Waals surface area contributed by atoms with Crippen molar-refractivity contribution in [3.05, 3.63) is 27.7 Å². The van der Waals surface area contributed by atoms with Gasteiger partial charge in [0.1, 0.15) is 5.75 Å². The molecule has 0 atom stereocenters. The third-order valence-corrected chi connectivity index (χ3v) is 2.45. The van der Waals surface area contributed by atoms with Gasteiger partial charge in [0.2, 0.25) is 0 Å². The molecule has 0 unspecified atom stereocenters. The van der Waals surface area contributed by atoms with E-state index in [-0.39, 0.29) is 12.4 Å². The van der Waals surface area contributed by atoms with Crippen LogP contribution in [0.5, 0.6) is 5.75 Å². The fourth-order valence-corrected chi connectivity index (χ4v) is 1.30. The molecule has 4 heteroatoms. The summed E-state index contributed by atoms with van der Waals surface area (Å²) in [4.78, 5) is 4.42. The van der Waals surface area contributed by atoms with Crippen LogP contribution in [0.4, 0.5) is 0 Å². The van der Waals surface area contributed by atoms with Gasteiger partial charge in [-0.2, -0.15) is 0 Å². The minimum absolute atomic E-state index is 0.209. The number of hydrogen-bond acceptors (Lipinski definition) is 3. The third kappa shape index (κ3) is 1.97. The largest absolute Gasteiger partial charge is 0.508 e. The molecule has 0 fully saturated rings. The molecule has 3 N–H and O–H groups in total. The summed E-state index contributed by atoms with van der Waals surface area (Å²) in [5, 5.41) is 9.39. The number of phenolic OH excluding ortho intramolecular Hbond substituents is 1. The number of hydrogen-bond donors (Lipinski definition) is 2. The number of halogens is 1. The molecule has 1 aromatic carbocycles. The standard InChI is InChI=1S/C8H10BrNO2/c1-5-2-8(11)6(4-12-10)3-7(5)9/h2-3,11H,4,10H2,1H3. The molecule has 0 aromatic heterocycles. The van der Waals surface area contributed by atoms with Crippen LogP contribution < -0.4 is 5.90 Å². The lowest BCUT2D eigenvalue weighted by Gasteiger charge is -2.05. The molecule has 1 aromatic rings. The van der Waals surface area contributed by atoms with Crippen LogP contribution in [0.15, 0.2) is 16.6 Å². The number of nitrogens with two attached hydrogens (primary N) is 1. The van der Waals surface area contributed by atoms with Crippen molar-refractivity contribution in [3.63, 3.8) is 0 Å². The van der Waals surface area contributed by atoms with Crippen molar-refractivity contribution < 1.29 is 9.94 Å². The summed E-state index contributed by atoms with van der Waals surface area (Å²) >= 11 is 3.34. The number of aryl methyl sites for hydroxylation is 1. The van der Waals surface area contributed by atoms with Gasteiger partial charge in [0.25, 0.3) is 0 Å². The molecule has 0 aliphatic rings. The second-order valence-corrected chi connectivity index (χ2v) is 3.40. The summed E-state index contributed by atoms with van der Waals surface area (Å²) < 4.78 is 0.937. The fourth-order valence-electron chi connectivity index (χ4n) is 0.913. The van der Waals surface area contributed by atoms with Crippen LogP contribution in [0, 0.1) is 6.92 Å². The molecule has 1 rings (SSSR count). The first-order valence-electron chi connectivity index (χ1n) is 3.45. The van der Waals surface area contributed by atoms with E-state index in [0.717, 1.165) is 10.0 Å². The van der Waals surface area contributed by atoms with Gasteiger partial charge in [-0.1, -0.05) is 15.9 Å². The number of phenols is 1. The van der Waals surface area contributed by atoms with Crippen LogP contribution >= 0.6 is 15.9 Å². The van der Waals surface area contributed by atoms with Gasteiger partial charge >= 0.3 is 0 Å². The SMILES string of the molecule is Cc1cc(O)c(CON)cc1Br. The second-order valence-electron chi connectivity index (χ2n) is 2.54. The maximum absolute atomic E-state index is 9.39. The first kappa shape index (κ1) is 9.51. The molecule has 0 radical (unpaired) electrons. The highest BCUT2D eigenvalue weighted by Gasteiger charge is 2.04. The fraction of sp³-hybridized carbons (Fsp3) is 0.250. The molecule has 0 bridgehead atoms. The summed E-state index contributed by atoms with van der Waals surface area (Å²) in [6, 6.07) is 3.45. The number of rotatable bonds is 2. The predicted octanol–water partition coefficient (Wildman–Crippen LogP) is 1.85. The Morgan fingerprint density at radius 1 is 1.58 bits per heavy atom. The normalized spacial score (nSPS) is 10.2. The van der Waals surface area contributed by atoms with E-state index in [0.29, 0.717) is 5.56 Å². The number of aromatic hydroxyl groups is 1. The van der Waals surface area contributed by atoms with Gasteiger partial charge in [0, 0.05) is 10.0 Å². The van der Waals surface area contributed by atoms with Crippen molar-refractivity contribution in [2.75, 3.05) is 0 Å². The highest BCUT2D eigenvalue weighted by molar-refractivity contribution is 9.10. The van der Waals surface area contributed by atoms with E-state index in [1.54, 1.807) is 12.1 Å². The molecule has 0 heterocycles. The van der Waals surface area contributed by atoms with Crippen LogP contribution in [0.1, 0.15) is 11.1 Å². The molecule has 0 saturated carbocycles. The average Bonchev–Trinajstić information content (AvgIpc) is 2.01. The van der Waals surface area contributed by atoms with Crippen molar-refractivity contribution >= 4 is 15.9 Å². The van der Waals surface area contributed by atoms with Crippen molar-refractivity contribution in [1.82, 2.24) is 0 Å². The van der Waals surface area contributed by atoms with Gasteiger partial charge in [0.15, 0.2) is 0 Å². The Balaban J connectivity index is 3.05. The zero-order chi connectivity index (χ0) is 9.14. The van der Waals surface area contributed by atoms with E-state index in [1.165, 1.54) is 0 Å². The van der Waals surface area contributed by atoms with Gasteiger partial charge in [-0.05, 0) is 24.6 Å². The molecule has 12 heavy (non-hydrogen) atoms. The quantitative estimate of drug-likeness (QED) is 0.765. The summed E-state index contributed by atoms with van der Waals surface area (Å²) in [7, 11) is 0. The maximum Gasteiger partial charge on any atom is 0.121 e. The third-order valence-electron chi connectivity index (χ3n) is 1.60. The smallest absolute Gasteiger partial charge is 0.121 e. The molecular formula is C8H10BrNO2. The molecule has 0 spiro atoms. The van der Waals surface area contributed by atoms with E-state index >= 15 is 0 Å². The molecule has 0 amide bonds. The predicted molar refractivity (Wildman–Crippen MR) is 49.5 cm³/mol. The first-order valence-corrected chi connectivity index (χ1v) is 4.24. The lowest BCUT2D eigenvalue weighted by Crippen LogP contribution is -1.99. The van der Waals surface area contributed by atoms with Crippen molar-refractivity contribution in [2.45, 2.75) is 13.5 Å². The first-order chi connectivity index (χ1) is 5.65. The highest BCUT2D eigenvalue weighted by Crippen LogP contribution is 2.26. The van der Waals surface area contributed by atoms with E-state index < -0.39 is 0 Å². The lowest BCUT2D eigenvalue weighted by atomic mass is 10.1. The van der Waals surface area contributed by atoms with Crippen LogP contribution in [0.25, 0.3) is 0 Å². The molecule has 66 valence electrons. The van der Waals surface area contributed by atoms with Crippen LogP contribution in [-0.4, -0.2) is 5.11 Å². The summed E-state index contributed by atoms with van der Waals surface area (Å²) in [6.45, 7) is 2.11.